The van der Waals surface area contributed by atoms with Gasteiger partial charge in [0.1, 0.15) is 0 Å². The standard InChI is InChI=1S/C13H19BrN4S/c1-3-9(2)18-6-4-10(17-18)8-12(16-15)13-11(14)5-7-19-13/h4-7,9,12,16H,3,8,15H2,1-2H3. The molecule has 0 radical (unpaired) electrons. The number of nitrogens with two attached hydrogens (primary N) is 1. The normalized spacial score (nSPS) is 14.5. The number of nitrogens with one attached hydrogen (secondary N) is 1. The summed E-state index contributed by atoms with van der Waals surface area (Å²) in [5.41, 5.74) is 3.94. The number of nitrogens with zero attached hydrogens (tertiary/aromatic N) is 2. The maximum absolute atomic E-state index is 5.67. The quantitative estimate of drug-likeness (QED) is 0.624. The van der Waals surface area contributed by atoms with Gasteiger partial charge >= 0.3 is 0 Å². The number of hydrogen-bond acceptors (Lipinski definition) is 4. The zero-order valence-electron chi connectivity index (χ0n) is 11.1. The Balaban J connectivity index is 2.11. The molecule has 0 saturated heterocycles. The predicted octanol–water partition coefficient (Wildman–Crippen LogP) is 3.43. The lowest BCUT2D eigenvalue weighted by molar-refractivity contribution is 0.467. The molecule has 0 amide bonds. The van der Waals surface area contributed by atoms with Crippen LogP contribution in [0, 0.1) is 0 Å². The van der Waals surface area contributed by atoms with Crippen molar-refractivity contribution in [3.63, 3.8) is 0 Å². The number of rotatable bonds is 6. The van der Waals surface area contributed by atoms with E-state index in [1.165, 1.54) is 4.88 Å². The average Bonchev–Trinajstić information content (AvgIpc) is 3.04. The van der Waals surface area contributed by atoms with Crippen molar-refractivity contribution in [3.05, 3.63) is 38.8 Å². The second-order valence-electron chi connectivity index (χ2n) is 4.60. The van der Waals surface area contributed by atoms with E-state index in [0.717, 1.165) is 23.0 Å². The third-order valence-corrected chi connectivity index (χ3v) is 5.27. The molecule has 19 heavy (non-hydrogen) atoms. The molecule has 6 heteroatoms. The van der Waals surface area contributed by atoms with Crippen LogP contribution in [-0.4, -0.2) is 9.78 Å². The number of halogens is 1. The van der Waals surface area contributed by atoms with Crippen molar-refractivity contribution in [2.75, 3.05) is 0 Å². The van der Waals surface area contributed by atoms with Crippen LogP contribution in [0.1, 0.15) is 42.9 Å². The molecule has 0 saturated carbocycles. The first-order chi connectivity index (χ1) is 9.15. The number of hydrazine groups is 1. The molecule has 2 atom stereocenters. The van der Waals surface area contributed by atoms with Gasteiger partial charge in [-0.05, 0) is 46.8 Å². The molecule has 0 fully saturated rings. The fourth-order valence-electron chi connectivity index (χ4n) is 1.91. The molecule has 2 heterocycles. The fraction of sp³-hybridized carbons (Fsp3) is 0.462. The largest absolute Gasteiger partial charge is 0.271 e. The fourth-order valence-corrected chi connectivity index (χ4v) is 3.62. The molecule has 0 bridgehead atoms. The van der Waals surface area contributed by atoms with Crippen LogP contribution in [0.3, 0.4) is 0 Å². The van der Waals surface area contributed by atoms with Crippen molar-refractivity contribution < 1.29 is 0 Å². The van der Waals surface area contributed by atoms with Gasteiger partial charge in [0, 0.05) is 28.0 Å². The molecule has 0 aliphatic carbocycles. The van der Waals surface area contributed by atoms with Gasteiger partial charge in [-0.2, -0.15) is 5.10 Å². The first-order valence-corrected chi connectivity index (χ1v) is 8.06. The lowest BCUT2D eigenvalue weighted by Crippen LogP contribution is -2.29. The number of thiophene rings is 1. The Morgan fingerprint density at radius 2 is 2.32 bits per heavy atom. The molecule has 4 nitrogen and oxygen atoms in total. The van der Waals surface area contributed by atoms with Gasteiger partial charge in [0.25, 0.3) is 0 Å². The molecule has 0 aliphatic rings. The summed E-state index contributed by atoms with van der Waals surface area (Å²) in [6.07, 6.45) is 3.91. The Hall–Kier alpha value is -0.690. The molecule has 2 aromatic rings. The molecule has 2 unspecified atom stereocenters. The SMILES string of the molecule is CCC(C)n1ccc(CC(NN)c2sccc2Br)n1. The summed E-state index contributed by atoms with van der Waals surface area (Å²) in [5, 5.41) is 6.68. The summed E-state index contributed by atoms with van der Waals surface area (Å²) in [4.78, 5) is 1.21. The van der Waals surface area contributed by atoms with Crippen LogP contribution in [0.4, 0.5) is 0 Å². The van der Waals surface area contributed by atoms with E-state index in [1.807, 2.05) is 16.9 Å². The summed E-state index contributed by atoms with van der Waals surface area (Å²) < 4.78 is 3.12. The highest BCUT2D eigenvalue weighted by Crippen LogP contribution is 2.30. The molecule has 0 aliphatic heterocycles. The van der Waals surface area contributed by atoms with Crippen molar-refractivity contribution in [2.45, 2.75) is 38.8 Å². The summed E-state index contributed by atoms with van der Waals surface area (Å²) in [7, 11) is 0. The first kappa shape index (κ1) is 14.7. The number of hydrogen-bond donors (Lipinski definition) is 2. The lowest BCUT2D eigenvalue weighted by Gasteiger charge is -2.14. The maximum atomic E-state index is 5.67. The monoisotopic (exact) mass is 342 g/mol. The van der Waals surface area contributed by atoms with Crippen LogP contribution in [0.5, 0.6) is 0 Å². The highest BCUT2D eigenvalue weighted by molar-refractivity contribution is 9.10. The van der Waals surface area contributed by atoms with E-state index < -0.39 is 0 Å². The van der Waals surface area contributed by atoms with Crippen LogP contribution < -0.4 is 11.3 Å². The molecule has 2 aromatic heterocycles. The summed E-state index contributed by atoms with van der Waals surface area (Å²) in [6, 6.07) is 4.64. The summed E-state index contributed by atoms with van der Waals surface area (Å²) >= 11 is 5.25. The Bertz CT molecular complexity index is 522. The maximum Gasteiger partial charge on any atom is 0.0644 e. The molecular formula is C13H19BrN4S. The molecule has 104 valence electrons. The Morgan fingerprint density at radius 1 is 1.53 bits per heavy atom. The Morgan fingerprint density at radius 3 is 2.89 bits per heavy atom. The first-order valence-electron chi connectivity index (χ1n) is 6.38. The van der Waals surface area contributed by atoms with Gasteiger partial charge in [0.2, 0.25) is 0 Å². The van der Waals surface area contributed by atoms with Gasteiger partial charge in [-0.1, -0.05) is 6.92 Å². The van der Waals surface area contributed by atoms with Gasteiger partial charge in [-0.15, -0.1) is 11.3 Å². The van der Waals surface area contributed by atoms with Crippen LogP contribution in [0.15, 0.2) is 28.2 Å². The van der Waals surface area contributed by atoms with Gasteiger partial charge in [0.05, 0.1) is 11.7 Å². The topological polar surface area (TPSA) is 55.9 Å². The van der Waals surface area contributed by atoms with Gasteiger partial charge < -0.3 is 0 Å². The minimum Gasteiger partial charge on any atom is -0.271 e. The van der Waals surface area contributed by atoms with Gasteiger partial charge in [-0.25, -0.2) is 0 Å². The van der Waals surface area contributed by atoms with Crippen molar-refractivity contribution >= 4 is 27.3 Å². The second kappa shape index (κ2) is 6.65. The Labute approximate surface area is 126 Å². The van der Waals surface area contributed by atoms with Crippen molar-refractivity contribution in [1.82, 2.24) is 15.2 Å². The van der Waals surface area contributed by atoms with E-state index in [0.29, 0.717) is 6.04 Å². The minimum absolute atomic E-state index is 0.0923. The van der Waals surface area contributed by atoms with Crippen LogP contribution in [-0.2, 0) is 6.42 Å². The summed E-state index contributed by atoms with van der Waals surface area (Å²) in [5.74, 6) is 5.67. The third-order valence-electron chi connectivity index (χ3n) is 3.28. The van der Waals surface area contributed by atoms with E-state index in [-0.39, 0.29) is 6.04 Å². The molecular weight excluding hydrogens is 324 g/mol. The molecule has 0 aromatic carbocycles. The second-order valence-corrected chi connectivity index (χ2v) is 6.40. The predicted molar refractivity (Wildman–Crippen MR) is 83.0 cm³/mol. The smallest absolute Gasteiger partial charge is 0.0644 e. The van der Waals surface area contributed by atoms with E-state index in [1.54, 1.807) is 11.3 Å². The highest BCUT2D eigenvalue weighted by Gasteiger charge is 2.17. The molecule has 0 spiro atoms. The van der Waals surface area contributed by atoms with E-state index in [4.69, 9.17) is 5.84 Å². The molecule has 2 rings (SSSR count). The summed E-state index contributed by atoms with van der Waals surface area (Å²) in [6.45, 7) is 4.34. The van der Waals surface area contributed by atoms with Crippen molar-refractivity contribution in [2.24, 2.45) is 5.84 Å². The highest BCUT2D eigenvalue weighted by atomic mass is 79.9. The van der Waals surface area contributed by atoms with Crippen LogP contribution >= 0.6 is 27.3 Å². The minimum atomic E-state index is 0.0923. The average molecular weight is 343 g/mol. The lowest BCUT2D eigenvalue weighted by atomic mass is 10.1. The zero-order chi connectivity index (χ0) is 13.8. The van der Waals surface area contributed by atoms with Crippen LogP contribution in [0.2, 0.25) is 0 Å². The van der Waals surface area contributed by atoms with Gasteiger partial charge in [0.15, 0.2) is 0 Å². The number of aromatic nitrogens is 2. The van der Waals surface area contributed by atoms with E-state index in [9.17, 15) is 0 Å². The van der Waals surface area contributed by atoms with E-state index in [2.05, 4.69) is 51.7 Å². The van der Waals surface area contributed by atoms with Crippen molar-refractivity contribution in [3.8, 4) is 0 Å². The Kier molecular flexibility index (Phi) is 5.15. The van der Waals surface area contributed by atoms with E-state index >= 15 is 0 Å². The third kappa shape index (κ3) is 3.45. The van der Waals surface area contributed by atoms with Gasteiger partial charge in [-0.3, -0.25) is 16.0 Å². The van der Waals surface area contributed by atoms with Crippen molar-refractivity contribution in [1.29, 1.82) is 0 Å². The molecule has 3 N–H and O–H groups in total. The zero-order valence-corrected chi connectivity index (χ0v) is 13.5. The van der Waals surface area contributed by atoms with Crippen LogP contribution in [0.25, 0.3) is 0 Å².